The summed E-state index contributed by atoms with van der Waals surface area (Å²) in [5.74, 6) is 0. The molecule has 2 unspecified atom stereocenters. The van der Waals surface area contributed by atoms with Crippen LogP contribution in [0.1, 0.15) is 18.9 Å². The topological polar surface area (TPSA) is 26.7 Å². The summed E-state index contributed by atoms with van der Waals surface area (Å²) in [6.45, 7) is 5.53. The predicted octanol–water partition coefficient (Wildman–Crippen LogP) is 1.57. The molecule has 100 valence electrons. The molecule has 1 aliphatic heterocycles. The third-order valence-electron chi connectivity index (χ3n) is 4.06. The largest absolute Gasteiger partial charge is 0.395 e. The second-order valence-corrected chi connectivity index (χ2v) is 5.36. The Morgan fingerprint density at radius 1 is 1.28 bits per heavy atom. The molecule has 3 heteroatoms. The van der Waals surface area contributed by atoms with E-state index in [4.69, 9.17) is 0 Å². The molecule has 0 saturated carbocycles. The highest BCUT2D eigenvalue weighted by Crippen LogP contribution is 2.16. The Bertz CT molecular complexity index is 355. The van der Waals surface area contributed by atoms with Gasteiger partial charge in [0.2, 0.25) is 0 Å². The van der Waals surface area contributed by atoms with Gasteiger partial charge in [0.1, 0.15) is 0 Å². The quantitative estimate of drug-likeness (QED) is 0.879. The van der Waals surface area contributed by atoms with Crippen molar-refractivity contribution in [1.29, 1.82) is 0 Å². The summed E-state index contributed by atoms with van der Waals surface area (Å²) >= 11 is 0. The van der Waals surface area contributed by atoms with Crippen LogP contribution in [0, 0.1) is 0 Å². The molecule has 1 saturated heterocycles. The SMILES string of the molecule is CC1CCN(Cc2ccccc2)CC(CO)N1C. The maximum absolute atomic E-state index is 9.52. The Morgan fingerprint density at radius 3 is 2.67 bits per heavy atom. The van der Waals surface area contributed by atoms with E-state index in [1.165, 1.54) is 12.0 Å². The monoisotopic (exact) mass is 248 g/mol. The van der Waals surface area contributed by atoms with Crippen molar-refractivity contribution >= 4 is 0 Å². The molecule has 0 aliphatic carbocycles. The molecule has 0 amide bonds. The lowest BCUT2D eigenvalue weighted by molar-refractivity contribution is 0.108. The second kappa shape index (κ2) is 6.32. The van der Waals surface area contributed by atoms with E-state index in [1.54, 1.807) is 0 Å². The Morgan fingerprint density at radius 2 is 2.00 bits per heavy atom. The molecular weight excluding hydrogens is 224 g/mol. The van der Waals surface area contributed by atoms with Gasteiger partial charge in [0.25, 0.3) is 0 Å². The third kappa shape index (κ3) is 3.31. The van der Waals surface area contributed by atoms with Gasteiger partial charge in [-0.25, -0.2) is 0 Å². The minimum Gasteiger partial charge on any atom is -0.395 e. The van der Waals surface area contributed by atoms with Crippen LogP contribution in [0.25, 0.3) is 0 Å². The van der Waals surface area contributed by atoms with Gasteiger partial charge in [-0.1, -0.05) is 30.3 Å². The van der Waals surface area contributed by atoms with Crippen molar-refractivity contribution in [3.05, 3.63) is 35.9 Å². The summed E-state index contributed by atoms with van der Waals surface area (Å²) in [4.78, 5) is 4.77. The number of aliphatic hydroxyl groups is 1. The highest BCUT2D eigenvalue weighted by atomic mass is 16.3. The predicted molar refractivity (Wildman–Crippen MR) is 74.4 cm³/mol. The number of likely N-dealkylation sites (N-methyl/N-ethyl adjacent to an activating group) is 1. The van der Waals surface area contributed by atoms with E-state index >= 15 is 0 Å². The van der Waals surface area contributed by atoms with Crippen molar-refractivity contribution in [2.75, 3.05) is 26.7 Å². The van der Waals surface area contributed by atoms with E-state index in [0.717, 1.165) is 19.6 Å². The van der Waals surface area contributed by atoms with Crippen molar-refractivity contribution in [1.82, 2.24) is 9.80 Å². The Kier molecular flexibility index (Phi) is 4.75. The second-order valence-electron chi connectivity index (χ2n) is 5.36. The Labute approximate surface area is 110 Å². The first kappa shape index (κ1) is 13.5. The first-order chi connectivity index (χ1) is 8.70. The number of rotatable bonds is 3. The van der Waals surface area contributed by atoms with Crippen molar-refractivity contribution in [2.45, 2.75) is 32.0 Å². The zero-order valence-corrected chi connectivity index (χ0v) is 11.4. The van der Waals surface area contributed by atoms with Crippen molar-refractivity contribution in [2.24, 2.45) is 0 Å². The van der Waals surface area contributed by atoms with Crippen LogP contribution in [0.5, 0.6) is 0 Å². The van der Waals surface area contributed by atoms with Crippen LogP contribution in [0.4, 0.5) is 0 Å². The third-order valence-corrected chi connectivity index (χ3v) is 4.06. The van der Waals surface area contributed by atoms with Gasteiger partial charge in [0.15, 0.2) is 0 Å². The fourth-order valence-corrected chi connectivity index (χ4v) is 2.62. The average molecular weight is 248 g/mol. The van der Waals surface area contributed by atoms with Gasteiger partial charge in [0, 0.05) is 31.7 Å². The molecule has 1 heterocycles. The average Bonchev–Trinajstić information content (AvgIpc) is 2.53. The molecule has 2 atom stereocenters. The molecular formula is C15H24N2O. The molecule has 3 nitrogen and oxygen atoms in total. The lowest BCUT2D eigenvalue weighted by atomic mass is 10.2. The summed E-state index contributed by atoms with van der Waals surface area (Å²) in [6.07, 6.45) is 1.17. The van der Waals surface area contributed by atoms with Gasteiger partial charge in [-0.15, -0.1) is 0 Å². The highest BCUT2D eigenvalue weighted by Gasteiger charge is 2.25. The van der Waals surface area contributed by atoms with Crippen LogP contribution in [0.2, 0.25) is 0 Å². The molecule has 18 heavy (non-hydrogen) atoms. The number of aliphatic hydroxyl groups excluding tert-OH is 1. The normalized spacial score (nSPS) is 27.1. The molecule has 0 aromatic heterocycles. The molecule has 1 aromatic rings. The first-order valence-electron chi connectivity index (χ1n) is 6.79. The van der Waals surface area contributed by atoms with Crippen molar-refractivity contribution in [3.63, 3.8) is 0 Å². The van der Waals surface area contributed by atoms with Crippen LogP contribution in [0.3, 0.4) is 0 Å². The number of nitrogens with zero attached hydrogens (tertiary/aromatic N) is 2. The standard InChI is InChI=1S/C15H24N2O/c1-13-8-9-17(11-15(12-18)16(13)2)10-14-6-4-3-5-7-14/h3-7,13,15,18H,8-12H2,1-2H3. The van der Waals surface area contributed by atoms with Gasteiger partial charge in [0.05, 0.1) is 6.61 Å². The lowest BCUT2D eigenvalue weighted by Gasteiger charge is -2.30. The summed E-state index contributed by atoms with van der Waals surface area (Å²) < 4.78 is 0. The summed E-state index contributed by atoms with van der Waals surface area (Å²) in [5.41, 5.74) is 1.35. The van der Waals surface area contributed by atoms with E-state index in [-0.39, 0.29) is 12.6 Å². The number of hydrogen-bond donors (Lipinski definition) is 1. The fourth-order valence-electron chi connectivity index (χ4n) is 2.62. The molecule has 1 aromatic carbocycles. The Hall–Kier alpha value is -0.900. The molecule has 0 radical (unpaired) electrons. The molecule has 2 rings (SSSR count). The zero-order valence-electron chi connectivity index (χ0n) is 11.4. The minimum atomic E-state index is 0.242. The molecule has 0 spiro atoms. The maximum atomic E-state index is 9.52. The number of hydrogen-bond acceptors (Lipinski definition) is 3. The van der Waals surface area contributed by atoms with Crippen LogP contribution >= 0.6 is 0 Å². The Balaban J connectivity index is 2.01. The highest BCUT2D eigenvalue weighted by molar-refractivity contribution is 5.14. The van der Waals surface area contributed by atoms with Gasteiger partial charge in [-0.3, -0.25) is 9.80 Å². The zero-order chi connectivity index (χ0) is 13.0. The van der Waals surface area contributed by atoms with E-state index in [2.05, 4.69) is 54.1 Å². The summed E-state index contributed by atoms with van der Waals surface area (Å²) in [6, 6.07) is 11.4. The smallest absolute Gasteiger partial charge is 0.0599 e. The maximum Gasteiger partial charge on any atom is 0.0599 e. The molecule has 0 bridgehead atoms. The van der Waals surface area contributed by atoms with E-state index in [9.17, 15) is 5.11 Å². The summed E-state index contributed by atoms with van der Waals surface area (Å²) in [5, 5.41) is 9.52. The van der Waals surface area contributed by atoms with E-state index in [0.29, 0.717) is 6.04 Å². The van der Waals surface area contributed by atoms with Crippen LogP contribution < -0.4 is 0 Å². The van der Waals surface area contributed by atoms with Gasteiger partial charge in [-0.2, -0.15) is 0 Å². The van der Waals surface area contributed by atoms with Gasteiger partial charge in [-0.05, 0) is 26.0 Å². The van der Waals surface area contributed by atoms with Crippen LogP contribution in [-0.4, -0.2) is 53.7 Å². The molecule has 1 aliphatic rings. The van der Waals surface area contributed by atoms with Gasteiger partial charge >= 0.3 is 0 Å². The first-order valence-corrected chi connectivity index (χ1v) is 6.79. The summed E-state index contributed by atoms with van der Waals surface area (Å²) in [7, 11) is 2.12. The molecule has 1 N–H and O–H groups in total. The molecule has 1 fully saturated rings. The van der Waals surface area contributed by atoms with E-state index in [1.807, 2.05) is 0 Å². The van der Waals surface area contributed by atoms with Crippen LogP contribution in [0.15, 0.2) is 30.3 Å². The van der Waals surface area contributed by atoms with Crippen LogP contribution in [-0.2, 0) is 6.54 Å². The number of benzene rings is 1. The lowest BCUT2D eigenvalue weighted by Crippen LogP contribution is -2.43. The minimum absolute atomic E-state index is 0.242. The fraction of sp³-hybridized carbons (Fsp3) is 0.600. The van der Waals surface area contributed by atoms with Crippen molar-refractivity contribution < 1.29 is 5.11 Å². The van der Waals surface area contributed by atoms with Gasteiger partial charge < -0.3 is 5.11 Å². The van der Waals surface area contributed by atoms with Crippen molar-refractivity contribution in [3.8, 4) is 0 Å². The van der Waals surface area contributed by atoms with E-state index < -0.39 is 0 Å².